The average molecular weight is 374 g/mol. The second-order valence-electron chi connectivity index (χ2n) is 6.72. The van der Waals surface area contributed by atoms with Crippen molar-refractivity contribution < 1.29 is 13.9 Å². The predicted molar refractivity (Wildman–Crippen MR) is 103 cm³/mol. The maximum atomic E-state index is 13.5. The first-order valence-electron chi connectivity index (χ1n) is 9.36. The second-order valence-corrected chi connectivity index (χ2v) is 6.72. The summed E-state index contributed by atoms with van der Waals surface area (Å²) in [5.41, 5.74) is 0.729. The minimum Gasteiger partial charge on any atom is -0.505 e. The van der Waals surface area contributed by atoms with Crippen LogP contribution in [0.4, 0.5) is 4.39 Å². The maximum Gasteiger partial charge on any atom is 0.191 e. The molecule has 0 saturated carbocycles. The molecule has 1 fully saturated rings. The first kappa shape index (κ1) is 19.2. The highest BCUT2D eigenvalue weighted by molar-refractivity contribution is 5.79. The van der Waals surface area contributed by atoms with Gasteiger partial charge in [-0.05, 0) is 55.8 Å². The minimum absolute atomic E-state index is 0.143. The van der Waals surface area contributed by atoms with E-state index in [1.54, 1.807) is 19.4 Å². The van der Waals surface area contributed by atoms with Crippen LogP contribution in [0, 0.1) is 5.82 Å². The first-order valence-corrected chi connectivity index (χ1v) is 9.36. The molecule has 3 N–H and O–H groups in total. The molecular formula is C20H27FN4O2. The van der Waals surface area contributed by atoms with E-state index in [0.29, 0.717) is 19.0 Å². The van der Waals surface area contributed by atoms with Gasteiger partial charge in [0.1, 0.15) is 5.76 Å². The summed E-state index contributed by atoms with van der Waals surface area (Å²) in [6, 6.07) is 8.42. The molecule has 1 saturated heterocycles. The van der Waals surface area contributed by atoms with Crippen molar-refractivity contribution in [2.24, 2.45) is 4.99 Å². The number of aliphatic imine (C=N–C) groups is 1. The Bertz CT molecular complexity index is 742. The van der Waals surface area contributed by atoms with E-state index >= 15 is 0 Å². The number of phenols is 1. The number of furan rings is 1. The number of hydrogen-bond donors (Lipinski definition) is 3. The summed E-state index contributed by atoms with van der Waals surface area (Å²) in [5.74, 6) is 0.613. The lowest BCUT2D eigenvalue weighted by Crippen LogP contribution is -2.44. The Balaban J connectivity index is 1.58. The predicted octanol–water partition coefficient (Wildman–Crippen LogP) is 3.02. The van der Waals surface area contributed by atoms with E-state index in [9.17, 15) is 9.50 Å². The van der Waals surface area contributed by atoms with Gasteiger partial charge < -0.3 is 20.2 Å². The molecule has 2 heterocycles. The van der Waals surface area contributed by atoms with E-state index in [0.717, 1.165) is 24.4 Å². The lowest BCUT2D eigenvalue weighted by atomic mass is 10.1. The van der Waals surface area contributed by atoms with Crippen molar-refractivity contribution in [3.8, 4) is 5.75 Å². The largest absolute Gasteiger partial charge is 0.505 e. The van der Waals surface area contributed by atoms with Crippen molar-refractivity contribution in [1.29, 1.82) is 0 Å². The third-order valence-electron chi connectivity index (χ3n) is 4.86. The highest BCUT2D eigenvalue weighted by Crippen LogP contribution is 2.24. The molecule has 1 aliphatic rings. The normalized spacial score (nSPS) is 16.9. The fourth-order valence-electron chi connectivity index (χ4n) is 3.38. The summed E-state index contributed by atoms with van der Waals surface area (Å²) < 4.78 is 19.1. The molecule has 2 aromatic rings. The molecule has 1 aromatic heterocycles. The Morgan fingerprint density at radius 2 is 2.07 bits per heavy atom. The van der Waals surface area contributed by atoms with Crippen molar-refractivity contribution >= 4 is 5.96 Å². The zero-order valence-corrected chi connectivity index (χ0v) is 15.6. The molecule has 146 valence electrons. The maximum absolute atomic E-state index is 13.5. The van der Waals surface area contributed by atoms with Gasteiger partial charge in [0.15, 0.2) is 17.5 Å². The molecular weight excluding hydrogens is 347 g/mol. The summed E-state index contributed by atoms with van der Waals surface area (Å²) in [7, 11) is 1.70. The van der Waals surface area contributed by atoms with Gasteiger partial charge in [0.05, 0.1) is 12.3 Å². The highest BCUT2D eigenvalue weighted by Gasteiger charge is 2.24. The number of nitrogens with zero attached hydrogens (tertiary/aromatic N) is 2. The number of rotatable bonds is 6. The van der Waals surface area contributed by atoms with Gasteiger partial charge >= 0.3 is 0 Å². The zero-order chi connectivity index (χ0) is 19.1. The molecule has 1 aromatic carbocycles. The highest BCUT2D eigenvalue weighted by atomic mass is 19.1. The van der Waals surface area contributed by atoms with Gasteiger partial charge in [0.25, 0.3) is 0 Å². The van der Waals surface area contributed by atoms with Crippen LogP contribution in [-0.2, 0) is 6.54 Å². The molecule has 6 nitrogen and oxygen atoms in total. The van der Waals surface area contributed by atoms with Crippen molar-refractivity contribution in [3.05, 3.63) is 53.7 Å². The quantitative estimate of drug-likeness (QED) is 0.535. The Labute approximate surface area is 159 Å². The van der Waals surface area contributed by atoms with Gasteiger partial charge in [-0.25, -0.2) is 4.39 Å². The molecule has 1 unspecified atom stereocenters. The van der Waals surface area contributed by atoms with Crippen LogP contribution in [0.5, 0.6) is 5.75 Å². The van der Waals surface area contributed by atoms with E-state index in [4.69, 9.17) is 4.42 Å². The summed E-state index contributed by atoms with van der Waals surface area (Å²) in [6.07, 6.45) is 5.40. The Morgan fingerprint density at radius 1 is 1.26 bits per heavy atom. The lowest BCUT2D eigenvalue weighted by molar-refractivity contribution is 0.146. The van der Waals surface area contributed by atoms with Crippen molar-refractivity contribution in [1.82, 2.24) is 15.5 Å². The van der Waals surface area contributed by atoms with E-state index in [-0.39, 0.29) is 11.8 Å². The number of nitrogens with one attached hydrogen (secondary N) is 2. The number of phenolic OH excluding ortho intramolecular Hbond substituents is 1. The third kappa shape index (κ3) is 5.23. The molecule has 0 aliphatic carbocycles. The zero-order valence-electron chi connectivity index (χ0n) is 15.6. The Hall–Kier alpha value is -2.54. The fourth-order valence-corrected chi connectivity index (χ4v) is 3.38. The number of hydrogen-bond acceptors (Lipinski definition) is 4. The van der Waals surface area contributed by atoms with Crippen LogP contribution in [0.2, 0.25) is 0 Å². The molecule has 27 heavy (non-hydrogen) atoms. The smallest absolute Gasteiger partial charge is 0.191 e. The van der Waals surface area contributed by atoms with Crippen LogP contribution >= 0.6 is 0 Å². The van der Waals surface area contributed by atoms with Crippen molar-refractivity contribution in [2.75, 3.05) is 26.7 Å². The molecule has 0 radical (unpaired) electrons. The topological polar surface area (TPSA) is 73.0 Å². The van der Waals surface area contributed by atoms with E-state index in [1.807, 2.05) is 12.1 Å². The third-order valence-corrected chi connectivity index (χ3v) is 4.86. The van der Waals surface area contributed by atoms with E-state index < -0.39 is 5.82 Å². The van der Waals surface area contributed by atoms with Crippen LogP contribution in [0.25, 0.3) is 0 Å². The summed E-state index contributed by atoms with van der Waals surface area (Å²) in [6.45, 7) is 3.20. The van der Waals surface area contributed by atoms with Crippen LogP contribution < -0.4 is 10.6 Å². The fraction of sp³-hybridized carbons (Fsp3) is 0.450. The number of piperidine rings is 1. The van der Waals surface area contributed by atoms with Gasteiger partial charge in [-0.15, -0.1) is 0 Å². The van der Waals surface area contributed by atoms with E-state index in [2.05, 4.69) is 20.5 Å². The van der Waals surface area contributed by atoms with Crippen LogP contribution in [0.3, 0.4) is 0 Å². The molecule has 0 bridgehead atoms. The van der Waals surface area contributed by atoms with Gasteiger partial charge in [0, 0.05) is 20.1 Å². The number of likely N-dealkylation sites (tertiary alicyclic amines) is 1. The molecule has 0 spiro atoms. The first-order chi connectivity index (χ1) is 13.2. The van der Waals surface area contributed by atoms with E-state index in [1.165, 1.54) is 31.4 Å². The summed E-state index contributed by atoms with van der Waals surface area (Å²) in [5, 5.41) is 15.8. The van der Waals surface area contributed by atoms with Gasteiger partial charge in [-0.1, -0.05) is 12.5 Å². The molecule has 1 aliphatic heterocycles. The molecule has 1 atom stereocenters. The van der Waals surface area contributed by atoms with Crippen LogP contribution in [0.1, 0.15) is 36.6 Å². The van der Waals surface area contributed by atoms with Crippen molar-refractivity contribution in [3.63, 3.8) is 0 Å². The minimum atomic E-state index is -0.625. The number of halogens is 1. The van der Waals surface area contributed by atoms with Crippen molar-refractivity contribution in [2.45, 2.75) is 31.8 Å². The van der Waals surface area contributed by atoms with Crippen LogP contribution in [-0.4, -0.2) is 42.6 Å². The lowest BCUT2D eigenvalue weighted by Gasteiger charge is -2.33. The van der Waals surface area contributed by atoms with Gasteiger partial charge in [-0.2, -0.15) is 0 Å². The monoisotopic (exact) mass is 374 g/mol. The SMILES string of the molecule is CN=C(NCc1ccc(O)c(F)c1)NCC(c1ccco1)N1CCCCC1. The number of aromatic hydroxyl groups is 1. The number of benzene rings is 1. The van der Waals surface area contributed by atoms with Gasteiger partial charge in [-0.3, -0.25) is 9.89 Å². The summed E-state index contributed by atoms with van der Waals surface area (Å²) in [4.78, 5) is 6.69. The number of guanidine groups is 1. The average Bonchev–Trinajstić information content (AvgIpc) is 3.22. The molecule has 7 heteroatoms. The standard InChI is InChI=1S/C20H27FN4O2/c1-22-20(23-13-15-7-8-18(26)16(21)12-15)24-14-17(19-6-5-11-27-19)25-9-3-2-4-10-25/h5-8,11-12,17,26H,2-4,9-10,13-14H2,1H3,(H2,22,23,24). The Morgan fingerprint density at radius 3 is 2.74 bits per heavy atom. The molecule has 0 amide bonds. The Kier molecular flexibility index (Phi) is 6.70. The second kappa shape index (κ2) is 9.41. The van der Waals surface area contributed by atoms with Gasteiger partial charge in [0.2, 0.25) is 0 Å². The summed E-state index contributed by atoms with van der Waals surface area (Å²) >= 11 is 0. The molecule has 3 rings (SSSR count). The van der Waals surface area contributed by atoms with Crippen LogP contribution in [0.15, 0.2) is 46.0 Å².